The van der Waals surface area contributed by atoms with Crippen molar-refractivity contribution in [2.75, 3.05) is 14.2 Å². The molecule has 3 nitrogen and oxygen atoms in total. The van der Waals surface area contributed by atoms with Gasteiger partial charge < -0.3 is 15.2 Å². The average molecular weight is 277 g/mol. The molecule has 1 saturated carbocycles. The smallest absolute Gasteiger partial charge is 0.122 e. The summed E-state index contributed by atoms with van der Waals surface area (Å²) in [5.41, 5.74) is 8.78. The zero-order chi connectivity index (χ0) is 14.6. The van der Waals surface area contributed by atoms with Crippen molar-refractivity contribution in [3.05, 3.63) is 29.3 Å². The molecule has 0 heterocycles. The molecule has 1 unspecified atom stereocenters. The van der Waals surface area contributed by atoms with Crippen LogP contribution in [0.3, 0.4) is 0 Å². The standard InChI is InChI=1S/C17H27NO2/c1-13-7-8-15(19-2)14(11-13)12-16(18)17(20-3)9-5-4-6-10-17/h7-8,11,16H,4-6,9-10,12,18H2,1-3H3. The Morgan fingerprint density at radius 1 is 1.20 bits per heavy atom. The van der Waals surface area contributed by atoms with Crippen molar-refractivity contribution < 1.29 is 9.47 Å². The monoisotopic (exact) mass is 277 g/mol. The molecular formula is C17H27NO2. The number of nitrogens with two attached hydrogens (primary N) is 1. The molecule has 1 fully saturated rings. The van der Waals surface area contributed by atoms with Crippen molar-refractivity contribution >= 4 is 0 Å². The highest BCUT2D eigenvalue weighted by atomic mass is 16.5. The van der Waals surface area contributed by atoms with Crippen LogP contribution in [0.5, 0.6) is 5.75 Å². The molecule has 0 saturated heterocycles. The lowest BCUT2D eigenvalue weighted by Gasteiger charge is -2.41. The summed E-state index contributed by atoms with van der Waals surface area (Å²) in [5.74, 6) is 0.924. The maximum atomic E-state index is 6.52. The van der Waals surface area contributed by atoms with Crippen molar-refractivity contribution in [1.29, 1.82) is 0 Å². The van der Waals surface area contributed by atoms with Crippen molar-refractivity contribution in [2.24, 2.45) is 5.73 Å². The Hall–Kier alpha value is -1.06. The highest BCUT2D eigenvalue weighted by Gasteiger charge is 2.38. The normalized spacial score (nSPS) is 19.6. The molecule has 0 bridgehead atoms. The van der Waals surface area contributed by atoms with Crippen LogP contribution in [0.4, 0.5) is 0 Å². The minimum atomic E-state index is -0.160. The van der Waals surface area contributed by atoms with E-state index < -0.39 is 0 Å². The number of ether oxygens (including phenoxy) is 2. The molecule has 0 aliphatic heterocycles. The summed E-state index contributed by atoms with van der Waals surface area (Å²) in [6.07, 6.45) is 6.67. The topological polar surface area (TPSA) is 44.5 Å². The van der Waals surface area contributed by atoms with Gasteiger partial charge in [0.25, 0.3) is 0 Å². The van der Waals surface area contributed by atoms with Gasteiger partial charge in [0.05, 0.1) is 12.7 Å². The number of benzene rings is 1. The van der Waals surface area contributed by atoms with Crippen LogP contribution in [0.25, 0.3) is 0 Å². The number of hydrogen-bond acceptors (Lipinski definition) is 3. The largest absolute Gasteiger partial charge is 0.496 e. The number of aryl methyl sites for hydroxylation is 1. The zero-order valence-corrected chi connectivity index (χ0v) is 12.9. The molecule has 3 heteroatoms. The van der Waals surface area contributed by atoms with Gasteiger partial charge in [-0.1, -0.05) is 37.0 Å². The van der Waals surface area contributed by atoms with E-state index in [4.69, 9.17) is 15.2 Å². The molecule has 20 heavy (non-hydrogen) atoms. The molecule has 2 N–H and O–H groups in total. The molecule has 2 rings (SSSR count). The molecule has 112 valence electrons. The third-order valence-electron chi connectivity index (χ3n) is 4.66. The van der Waals surface area contributed by atoms with E-state index in [9.17, 15) is 0 Å². The number of methoxy groups -OCH3 is 2. The molecule has 1 aliphatic carbocycles. The van der Waals surface area contributed by atoms with Gasteiger partial charge >= 0.3 is 0 Å². The predicted octanol–water partition coefficient (Wildman–Crippen LogP) is 3.22. The van der Waals surface area contributed by atoms with E-state index in [1.165, 1.54) is 30.4 Å². The van der Waals surface area contributed by atoms with Gasteiger partial charge in [-0.15, -0.1) is 0 Å². The first-order chi connectivity index (χ1) is 9.61. The lowest BCUT2D eigenvalue weighted by molar-refractivity contribution is -0.0583. The second-order valence-corrected chi connectivity index (χ2v) is 5.96. The maximum absolute atomic E-state index is 6.52. The minimum Gasteiger partial charge on any atom is -0.496 e. The van der Waals surface area contributed by atoms with E-state index in [0.29, 0.717) is 0 Å². The van der Waals surface area contributed by atoms with Crippen LogP contribution < -0.4 is 10.5 Å². The number of rotatable bonds is 5. The first kappa shape index (κ1) is 15.3. The van der Waals surface area contributed by atoms with Crippen molar-refractivity contribution in [3.63, 3.8) is 0 Å². The summed E-state index contributed by atoms with van der Waals surface area (Å²) in [4.78, 5) is 0. The van der Waals surface area contributed by atoms with Crippen molar-refractivity contribution in [3.8, 4) is 5.75 Å². The lowest BCUT2D eigenvalue weighted by atomic mass is 9.77. The Morgan fingerprint density at radius 3 is 2.50 bits per heavy atom. The Kier molecular flexibility index (Phi) is 5.06. The van der Waals surface area contributed by atoms with Crippen LogP contribution in [0.15, 0.2) is 18.2 Å². The molecule has 1 aromatic carbocycles. The van der Waals surface area contributed by atoms with Crippen molar-refractivity contribution in [1.82, 2.24) is 0 Å². The molecule has 0 amide bonds. The lowest BCUT2D eigenvalue weighted by Crippen LogP contribution is -2.52. The Morgan fingerprint density at radius 2 is 1.90 bits per heavy atom. The van der Waals surface area contributed by atoms with E-state index in [2.05, 4.69) is 19.1 Å². The van der Waals surface area contributed by atoms with Crippen LogP contribution in [0, 0.1) is 6.92 Å². The molecule has 0 radical (unpaired) electrons. The van der Waals surface area contributed by atoms with E-state index in [-0.39, 0.29) is 11.6 Å². The van der Waals surface area contributed by atoms with E-state index in [1.807, 2.05) is 6.07 Å². The summed E-state index contributed by atoms with van der Waals surface area (Å²) in [6.45, 7) is 2.10. The average Bonchev–Trinajstić information content (AvgIpc) is 2.48. The third kappa shape index (κ3) is 3.15. The molecule has 0 aromatic heterocycles. The Balaban J connectivity index is 2.17. The van der Waals surface area contributed by atoms with Gasteiger partial charge in [-0.05, 0) is 37.8 Å². The molecule has 1 atom stereocenters. The van der Waals surface area contributed by atoms with Crippen LogP contribution >= 0.6 is 0 Å². The Bertz CT molecular complexity index is 439. The van der Waals surface area contributed by atoms with Crippen LogP contribution in [0.2, 0.25) is 0 Å². The predicted molar refractivity (Wildman–Crippen MR) is 82.2 cm³/mol. The van der Waals surface area contributed by atoms with Crippen LogP contribution in [0.1, 0.15) is 43.2 Å². The first-order valence-electron chi connectivity index (χ1n) is 7.55. The van der Waals surface area contributed by atoms with Gasteiger partial charge in [0.2, 0.25) is 0 Å². The summed E-state index contributed by atoms with van der Waals surface area (Å²) in [5, 5.41) is 0. The van der Waals surface area contributed by atoms with Gasteiger partial charge in [0, 0.05) is 13.2 Å². The quantitative estimate of drug-likeness (QED) is 0.898. The van der Waals surface area contributed by atoms with Crippen molar-refractivity contribution in [2.45, 2.75) is 57.1 Å². The molecule has 0 spiro atoms. The fourth-order valence-corrected chi connectivity index (χ4v) is 3.37. The number of hydrogen-bond donors (Lipinski definition) is 1. The molecular weight excluding hydrogens is 250 g/mol. The van der Waals surface area contributed by atoms with Gasteiger partial charge in [-0.25, -0.2) is 0 Å². The first-order valence-corrected chi connectivity index (χ1v) is 7.55. The Labute approximate surface area is 122 Å². The molecule has 1 aliphatic rings. The second kappa shape index (κ2) is 6.59. The highest BCUT2D eigenvalue weighted by Crippen LogP contribution is 2.35. The van der Waals surface area contributed by atoms with Gasteiger partial charge in [0.1, 0.15) is 5.75 Å². The maximum Gasteiger partial charge on any atom is 0.122 e. The highest BCUT2D eigenvalue weighted by molar-refractivity contribution is 5.37. The van der Waals surface area contributed by atoms with E-state index >= 15 is 0 Å². The fourth-order valence-electron chi connectivity index (χ4n) is 3.37. The SMILES string of the molecule is COc1ccc(C)cc1CC(N)C1(OC)CCCCC1. The molecule has 1 aromatic rings. The van der Waals surface area contributed by atoms with Gasteiger partial charge in [0.15, 0.2) is 0 Å². The fraction of sp³-hybridized carbons (Fsp3) is 0.647. The second-order valence-electron chi connectivity index (χ2n) is 5.96. The summed E-state index contributed by atoms with van der Waals surface area (Å²) in [7, 11) is 3.52. The van der Waals surface area contributed by atoms with E-state index in [0.717, 1.165) is 25.0 Å². The summed E-state index contributed by atoms with van der Waals surface area (Å²) in [6, 6.07) is 6.28. The third-order valence-corrected chi connectivity index (χ3v) is 4.66. The minimum absolute atomic E-state index is 0.0171. The van der Waals surface area contributed by atoms with Gasteiger partial charge in [-0.2, -0.15) is 0 Å². The summed E-state index contributed by atoms with van der Waals surface area (Å²) >= 11 is 0. The van der Waals surface area contributed by atoms with Gasteiger partial charge in [-0.3, -0.25) is 0 Å². The zero-order valence-electron chi connectivity index (χ0n) is 12.9. The van der Waals surface area contributed by atoms with E-state index in [1.54, 1.807) is 14.2 Å². The summed E-state index contributed by atoms with van der Waals surface area (Å²) < 4.78 is 11.3. The van der Waals surface area contributed by atoms with Crippen LogP contribution in [-0.4, -0.2) is 25.9 Å². The van der Waals surface area contributed by atoms with Crippen LogP contribution in [-0.2, 0) is 11.2 Å².